The van der Waals surface area contributed by atoms with Crippen molar-refractivity contribution < 1.29 is 4.79 Å². The summed E-state index contributed by atoms with van der Waals surface area (Å²) in [7, 11) is 0. The van der Waals surface area contributed by atoms with Gasteiger partial charge in [0.05, 0.1) is 9.58 Å². The van der Waals surface area contributed by atoms with Crippen LogP contribution in [0.15, 0.2) is 6.07 Å². The molecule has 1 N–H and O–H groups in total. The van der Waals surface area contributed by atoms with E-state index in [-0.39, 0.29) is 11.4 Å². The maximum absolute atomic E-state index is 12.5. The summed E-state index contributed by atoms with van der Waals surface area (Å²) in [6, 6.07) is 2.00. The molecule has 0 atom stereocenters. The fourth-order valence-electron chi connectivity index (χ4n) is 3.08. The van der Waals surface area contributed by atoms with Crippen molar-refractivity contribution in [2.75, 3.05) is 18.0 Å². The van der Waals surface area contributed by atoms with E-state index in [1.54, 1.807) is 11.3 Å². The predicted octanol–water partition coefficient (Wildman–Crippen LogP) is 4.27. The Morgan fingerprint density at radius 3 is 2.59 bits per heavy atom. The fourth-order valence-corrected chi connectivity index (χ4v) is 5.31. The lowest BCUT2D eigenvalue weighted by Crippen LogP contribution is -2.43. The summed E-state index contributed by atoms with van der Waals surface area (Å²) in [5, 5.41) is 4.28. The van der Waals surface area contributed by atoms with Crippen LogP contribution in [0, 0.1) is 0 Å². The molecule has 0 bridgehead atoms. The van der Waals surface area contributed by atoms with Crippen LogP contribution in [0.5, 0.6) is 0 Å². The summed E-state index contributed by atoms with van der Waals surface area (Å²) in [5.41, 5.74) is -0.0195. The summed E-state index contributed by atoms with van der Waals surface area (Å²) in [4.78, 5) is 21.2. The van der Waals surface area contributed by atoms with Crippen LogP contribution in [-0.4, -0.2) is 29.5 Å². The Balaban J connectivity index is 1.77. The van der Waals surface area contributed by atoms with Crippen LogP contribution in [0.1, 0.15) is 56.1 Å². The Hall–Kier alpha value is -1.14. The minimum Gasteiger partial charge on any atom is -0.349 e. The molecule has 6 heteroatoms. The van der Waals surface area contributed by atoms with Crippen LogP contribution in [0.3, 0.4) is 0 Å². The zero-order valence-electron chi connectivity index (χ0n) is 13.4. The van der Waals surface area contributed by atoms with Gasteiger partial charge < -0.3 is 10.2 Å². The SMILES string of the molecule is CCN(CC)c1nc2sc(C(=O)NC3(C)CCCC3)cc2s1. The molecular formula is C16H23N3OS2. The Morgan fingerprint density at radius 1 is 1.32 bits per heavy atom. The van der Waals surface area contributed by atoms with Gasteiger partial charge in [-0.1, -0.05) is 24.2 Å². The fraction of sp³-hybridized carbons (Fsp3) is 0.625. The minimum absolute atomic E-state index is 0.0195. The molecule has 2 aromatic rings. The molecule has 0 aliphatic heterocycles. The Kier molecular flexibility index (Phi) is 4.41. The molecule has 4 nitrogen and oxygen atoms in total. The Bertz CT molecular complexity index is 635. The standard InChI is InChI=1S/C16H23N3OS2/c1-4-19(5-2)15-17-14-12(22-15)10-11(21-14)13(20)18-16(3)8-6-7-9-16/h10H,4-9H2,1-3H3,(H,18,20). The molecule has 0 radical (unpaired) electrons. The van der Waals surface area contributed by atoms with E-state index in [1.807, 2.05) is 6.07 Å². The highest BCUT2D eigenvalue weighted by Gasteiger charge is 2.31. The number of hydrogen-bond donors (Lipinski definition) is 1. The molecule has 1 saturated carbocycles. The molecule has 1 aliphatic carbocycles. The second kappa shape index (κ2) is 6.16. The first kappa shape index (κ1) is 15.7. The van der Waals surface area contributed by atoms with E-state index in [9.17, 15) is 4.79 Å². The van der Waals surface area contributed by atoms with Crippen LogP contribution in [0.4, 0.5) is 5.13 Å². The van der Waals surface area contributed by atoms with Gasteiger partial charge in [-0.05, 0) is 39.7 Å². The highest BCUT2D eigenvalue weighted by Crippen LogP contribution is 2.35. The van der Waals surface area contributed by atoms with E-state index in [1.165, 1.54) is 24.2 Å². The van der Waals surface area contributed by atoms with Crippen molar-refractivity contribution in [2.24, 2.45) is 0 Å². The molecule has 0 saturated heterocycles. The third-order valence-electron chi connectivity index (χ3n) is 4.46. The lowest BCUT2D eigenvalue weighted by molar-refractivity contribution is 0.0912. The maximum Gasteiger partial charge on any atom is 0.261 e. The number of fused-ring (bicyclic) bond motifs is 1. The van der Waals surface area contributed by atoms with Gasteiger partial charge >= 0.3 is 0 Å². The molecule has 22 heavy (non-hydrogen) atoms. The van der Waals surface area contributed by atoms with E-state index in [4.69, 9.17) is 0 Å². The second-order valence-corrected chi connectivity index (χ2v) is 8.21. The van der Waals surface area contributed by atoms with Gasteiger partial charge in [0.1, 0.15) is 4.83 Å². The average Bonchev–Trinajstić information content (AvgIpc) is 3.14. The summed E-state index contributed by atoms with van der Waals surface area (Å²) < 4.78 is 1.12. The molecule has 3 rings (SSSR count). The molecule has 0 aromatic carbocycles. The minimum atomic E-state index is -0.0195. The van der Waals surface area contributed by atoms with Crippen molar-refractivity contribution in [3.63, 3.8) is 0 Å². The van der Waals surface area contributed by atoms with Gasteiger partial charge in [0, 0.05) is 18.6 Å². The smallest absolute Gasteiger partial charge is 0.261 e. The van der Waals surface area contributed by atoms with E-state index in [2.05, 4.69) is 36.0 Å². The zero-order chi connectivity index (χ0) is 15.7. The quantitative estimate of drug-likeness (QED) is 0.886. The van der Waals surface area contributed by atoms with Crippen LogP contribution in [0.2, 0.25) is 0 Å². The van der Waals surface area contributed by atoms with E-state index >= 15 is 0 Å². The number of amides is 1. The van der Waals surface area contributed by atoms with Crippen molar-refractivity contribution in [1.82, 2.24) is 10.3 Å². The maximum atomic E-state index is 12.5. The largest absolute Gasteiger partial charge is 0.349 e. The van der Waals surface area contributed by atoms with Crippen molar-refractivity contribution in [2.45, 2.75) is 52.0 Å². The van der Waals surface area contributed by atoms with Crippen LogP contribution >= 0.6 is 22.7 Å². The molecule has 120 valence electrons. The average molecular weight is 338 g/mol. The molecule has 1 aliphatic rings. The molecule has 2 heterocycles. The summed E-state index contributed by atoms with van der Waals surface area (Å²) in [6.07, 6.45) is 4.60. The van der Waals surface area contributed by atoms with Gasteiger partial charge in [0.15, 0.2) is 5.13 Å². The number of nitrogens with one attached hydrogen (secondary N) is 1. The molecule has 1 amide bonds. The predicted molar refractivity (Wildman–Crippen MR) is 95.4 cm³/mol. The summed E-state index contributed by atoms with van der Waals surface area (Å²) in [5.74, 6) is 0.0592. The summed E-state index contributed by atoms with van der Waals surface area (Å²) in [6.45, 7) is 8.36. The van der Waals surface area contributed by atoms with Gasteiger partial charge in [-0.15, -0.1) is 11.3 Å². The second-order valence-electron chi connectivity index (χ2n) is 6.17. The van der Waals surface area contributed by atoms with Crippen molar-refractivity contribution in [3.8, 4) is 0 Å². The van der Waals surface area contributed by atoms with Crippen molar-refractivity contribution in [1.29, 1.82) is 0 Å². The van der Waals surface area contributed by atoms with Crippen LogP contribution < -0.4 is 10.2 Å². The highest BCUT2D eigenvalue weighted by molar-refractivity contribution is 7.29. The van der Waals surface area contributed by atoms with Crippen molar-refractivity contribution >= 4 is 43.2 Å². The monoisotopic (exact) mass is 337 g/mol. The molecule has 0 spiro atoms. The third kappa shape index (κ3) is 2.99. The van der Waals surface area contributed by atoms with Gasteiger partial charge in [-0.2, -0.15) is 0 Å². The first-order valence-electron chi connectivity index (χ1n) is 8.02. The number of hydrogen-bond acceptors (Lipinski definition) is 5. The van der Waals surface area contributed by atoms with Gasteiger partial charge in [0.25, 0.3) is 5.91 Å². The Morgan fingerprint density at radius 2 is 2.00 bits per heavy atom. The number of carbonyl (C=O) groups excluding carboxylic acids is 1. The Labute approximate surface area is 139 Å². The zero-order valence-corrected chi connectivity index (χ0v) is 15.1. The highest BCUT2D eigenvalue weighted by atomic mass is 32.1. The van der Waals surface area contributed by atoms with Crippen LogP contribution in [0.25, 0.3) is 9.53 Å². The topological polar surface area (TPSA) is 45.2 Å². The number of nitrogens with zero attached hydrogens (tertiary/aromatic N) is 2. The first-order chi connectivity index (χ1) is 10.5. The third-order valence-corrected chi connectivity index (χ3v) is 6.68. The van der Waals surface area contributed by atoms with E-state index in [0.29, 0.717) is 0 Å². The molecule has 1 fully saturated rings. The molecular weight excluding hydrogens is 314 g/mol. The van der Waals surface area contributed by atoms with E-state index < -0.39 is 0 Å². The van der Waals surface area contributed by atoms with Gasteiger partial charge in [-0.25, -0.2) is 4.98 Å². The number of rotatable bonds is 5. The number of anilines is 1. The first-order valence-corrected chi connectivity index (χ1v) is 9.66. The number of aromatic nitrogens is 1. The van der Waals surface area contributed by atoms with Gasteiger partial charge in [-0.3, -0.25) is 4.79 Å². The number of carbonyl (C=O) groups is 1. The number of thiophene rings is 1. The lowest BCUT2D eigenvalue weighted by Gasteiger charge is -2.24. The van der Waals surface area contributed by atoms with Crippen LogP contribution in [-0.2, 0) is 0 Å². The lowest BCUT2D eigenvalue weighted by atomic mass is 10.0. The molecule has 0 unspecified atom stereocenters. The number of thiazole rings is 1. The van der Waals surface area contributed by atoms with Crippen molar-refractivity contribution in [3.05, 3.63) is 10.9 Å². The normalized spacial score (nSPS) is 17.0. The van der Waals surface area contributed by atoms with Gasteiger partial charge in [0.2, 0.25) is 0 Å². The van der Waals surface area contributed by atoms with E-state index in [0.717, 1.165) is 45.5 Å². The molecule has 2 aromatic heterocycles. The summed E-state index contributed by atoms with van der Waals surface area (Å²) >= 11 is 3.19.